The van der Waals surface area contributed by atoms with Crippen LogP contribution in [0.3, 0.4) is 0 Å². The average molecular weight is 461 g/mol. The molecule has 1 N–H and O–H groups in total. The van der Waals surface area contributed by atoms with Crippen molar-refractivity contribution >= 4 is 46.2 Å². The van der Waals surface area contributed by atoms with Gasteiger partial charge >= 0.3 is 0 Å². The molecule has 7 heteroatoms. The lowest BCUT2D eigenvalue weighted by Crippen LogP contribution is -2.55. The molecule has 170 valence electrons. The van der Waals surface area contributed by atoms with Gasteiger partial charge in [-0.1, -0.05) is 18.2 Å². The third-order valence-electron chi connectivity index (χ3n) is 6.59. The number of aryl methyl sites for hydroxylation is 2. The molecule has 0 aromatic heterocycles. The first-order valence-electron chi connectivity index (χ1n) is 11.4. The molecule has 1 spiro atoms. The van der Waals surface area contributed by atoms with Crippen LogP contribution < -0.4 is 15.1 Å². The minimum absolute atomic E-state index is 0.0136. The van der Waals surface area contributed by atoms with Crippen LogP contribution in [-0.4, -0.2) is 29.0 Å². The number of nitrogens with zero attached hydrogens (tertiary/aromatic N) is 3. The molecule has 1 heterocycles. The predicted molar refractivity (Wildman–Crippen MR) is 135 cm³/mol. The van der Waals surface area contributed by atoms with E-state index < -0.39 is 5.54 Å². The Bertz CT molecular complexity index is 1130. The number of amides is 2. The number of hydrogen-bond acceptors (Lipinski definition) is 3. The van der Waals surface area contributed by atoms with Crippen molar-refractivity contribution in [3.63, 3.8) is 0 Å². The van der Waals surface area contributed by atoms with E-state index in [-0.39, 0.29) is 11.8 Å². The van der Waals surface area contributed by atoms with E-state index in [0.717, 1.165) is 48.9 Å². The summed E-state index contributed by atoms with van der Waals surface area (Å²) in [6.07, 6.45) is 4.68. The Morgan fingerprint density at radius 3 is 2.45 bits per heavy atom. The molecule has 0 unspecified atom stereocenters. The zero-order chi connectivity index (χ0) is 23.6. The van der Waals surface area contributed by atoms with Crippen LogP contribution in [0.5, 0.6) is 0 Å². The van der Waals surface area contributed by atoms with Gasteiger partial charge in [0.1, 0.15) is 5.54 Å². The second-order valence-corrected chi connectivity index (χ2v) is 9.06. The quantitative estimate of drug-likeness (QED) is 0.463. The van der Waals surface area contributed by atoms with Gasteiger partial charge in [-0.15, -0.1) is 0 Å². The monoisotopic (exact) mass is 460 g/mol. The fourth-order valence-corrected chi connectivity index (χ4v) is 5.13. The normalized spacial score (nSPS) is 16.6. The second-order valence-electron chi connectivity index (χ2n) is 8.70. The highest BCUT2D eigenvalue weighted by atomic mass is 32.1. The zero-order valence-corrected chi connectivity index (χ0v) is 19.9. The summed E-state index contributed by atoms with van der Waals surface area (Å²) in [7, 11) is 0. The van der Waals surface area contributed by atoms with Crippen molar-refractivity contribution in [2.24, 2.45) is 0 Å². The Labute approximate surface area is 200 Å². The Morgan fingerprint density at radius 1 is 1.18 bits per heavy atom. The molecule has 0 atom stereocenters. The summed E-state index contributed by atoms with van der Waals surface area (Å²) in [5, 5.41) is 3.31. The van der Waals surface area contributed by atoms with Crippen LogP contribution >= 0.6 is 12.2 Å². The highest BCUT2D eigenvalue weighted by molar-refractivity contribution is 7.81. The van der Waals surface area contributed by atoms with Gasteiger partial charge in [-0.25, -0.2) is 4.85 Å². The van der Waals surface area contributed by atoms with Crippen LogP contribution in [0.1, 0.15) is 50.2 Å². The molecule has 1 aliphatic heterocycles. The van der Waals surface area contributed by atoms with Crippen molar-refractivity contribution < 1.29 is 9.59 Å². The van der Waals surface area contributed by atoms with Gasteiger partial charge in [0.2, 0.25) is 5.91 Å². The van der Waals surface area contributed by atoms with Gasteiger partial charge in [0.05, 0.1) is 6.57 Å². The number of nitrogens with one attached hydrogen (secondary N) is 1. The molecule has 1 aliphatic carbocycles. The van der Waals surface area contributed by atoms with E-state index in [9.17, 15) is 9.59 Å². The van der Waals surface area contributed by atoms with E-state index in [1.54, 1.807) is 17.0 Å². The van der Waals surface area contributed by atoms with Crippen LogP contribution in [0.2, 0.25) is 0 Å². The van der Waals surface area contributed by atoms with Gasteiger partial charge < -0.3 is 10.2 Å². The highest BCUT2D eigenvalue weighted by Gasteiger charge is 2.59. The van der Waals surface area contributed by atoms with Crippen LogP contribution in [0.4, 0.5) is 17.1 Å². The average Bonchev–Trinajstić information content (AvgIpc) is 3.01. The fraction of sp³-hybridized carbons (Fsp3) is 0.385. The maximum atomic E-state index is 13.6. The molecule has 1 saturated carbocycles. The number of anilines is 2. The lowest BCUT2D eigenvalue weighted by molar-refractivity contribution is -0.124. The molecule has 2 aromatic rings. The Morgan fingerprint density at radius 2 is 1.88 bits per heavy atom. The highest BCUT2D eigenvalue weighted by Crippen LogP contribution is 2.48. The third kappa shape index (κ3) is 4.11. The van der Waals surface area contributed by atoms with Crippen LogP contribution in [-0.2, 0) is 16.0 Å². The number of carbonyl (C=O) groups is 2. The minimum atomic E-state index is -0.622. The van der Waals surface area contributed by atoms with Gasteiger partial charge in [-0.3, -0.25) is 14.5 Å². The van der Waals surface area contributed by atoms with E-state index in [1.165, 1.54) is 0 Å². The summed E-state index contributed by atoms with van der Waals surface area (Å²) in [4.78, 5) is 32.4. The molecule has 2 fully saturated rings. The summed E-state index contributed by atoms with van der Waals surface area (Å²) in [6, 6.07) is 13.6. The smallest absolute Gasteiger partial charge is 0.259 e. The van der Waals surface area contributed by atoms with Crippen LogP contribution in [0.15, 0.2) is 42.5 Å². The van der Waals surface area contributed by atoms with Gasteiger partial charge in [0, 0.05) is 24.3 Å². The van der Waals surface area contributed by atoms with Gasteiger partial charge in [0.15, 0.2) is 10.8 Å². The van der Waals surface area contributed by atoms with Crippen LogP contribution in [0.25, 0.3) is 4.85 Å². The molecule has 0 radical (unpaired) electrons. The number of rotatable bonds is 7. The van der Waals surface area contributed by atoms with E-state index in [4.69, 9.17) is 18.8 Å². The molecule has 2 aliphatic rings. The van der Waals surface area contributed by atoms with Crippen molar-refractivity contribution in [2.75, 3.05) is 16.3 Å². The minimum Gasteiger partial charge on any atom is -0.356 e. The lowest BCUT2D eigenvalue weighted by Gasteiger charge is -2.43. The van der Waals surface area contributed by atoms with E-state index in [0.29, 0.717) is 29.5 Å². The maximum Gasteiger partial charge on any atom is 0.259 e. The first-order chi connectivity index (χ1) is 15.9. The Kier molecular flexibility index (Phi) is 6.48. The SMILES string of the molecule is [C-]#[N+]c1ccc(N2C(=O)C3(CCC3)N(c3ccc(CCCC(=O)NCC)cc3)C2=S)cc1C. The molecule has 0 bridgehead atoms. The molecule has 33 heavy (non-hydrogen) atoms. The van der Waals surface area contributed by atoms with Gasteiger partial charge in [-0.05, 0) is 93.6 Å². The Balaban J connectivity index is 1.55. The molecule has 6 nitrogen and oxygen atoms in total. The van der Waals surface area contributed by atoms with E-state index in [1.807, 2.05) is 36.9 Å². The number of benzene rings is 2. The standard InChI is InChI=1S/C26H28N4O2S/c1-4-28-23(31)8-5-7-19-9-11-20(12-10-19)30-25(33)29(24(32)26(30)15-6-16-26)21-13-14-22(27-3)18(2)17-21/h9-14,17H,4-8,15-16H2,1-2H3,(H,28,31). The van der Waals surface area contributed by atoms with Crippen molar-refractivity contribution in [3.05, 3.63) is 65.0 Å². The largest absolute Gasteiger partial charge is 0.356 e. The first kappa shape index (κ1) is 22.9. The molecular weight excluding hydrogens is 432 g/mol. The number of thiocarbonyl (C=S) groups is 1. The van der Waals surface area contributed by atoms with Crippen molar-refractivity contribution in [3.8, 4) is 0 Å². The van der Waals surface area contributed by atoms with Crippen molar-refractivity contribution in [1.29, 1.82) is 0 Å². The van der Waals surface area contributed by atoms with Crippen molar-refractivity contribution in [1.82, 2.24) is 5.32 Å². The van der Waals surface area contributed by atoms with Gasteiger partial charge in [0.25, 0.3) is 5.91 Å². The fourth-order valence-electron chi connectivity index (χ4n) is 4.66. The summed E-state index contributed by atoms with van der Waals surface area (Å²) < 4.78 is 0. The first-order valence-corrected chi connectivity index (χ1v) is 11.8. The summed E-state index contributed by atoms with van der Waals surface area (Å²) in [5.41, 5.74) is 3.57. The summed E-state index contributed by atoms with van der Waals surface area (Å²) >= 11 is 5.84. The summed E-state index contributed by atoms with van der Waals surface area (Å²) in [6.45, 7) is 11.7. The molecule has 4 rings (SSSR count). The molecule has 2 aromatic carbocycles. The third-order valence-corrected chi connectivity index (χ3v) is 6.95. The number of carbonyl (C=O) groups excluding carboxylic acids is 2. The Hall–Kier alpha value is -3.24. The molecule has 1 saturated heterocycles. The van der Waals surface area contributed by atoms with Crippen LogP contribution in [0, 0.1) is 13.5 Å². The second kappa shape index (κ2) is 9.32. The van der Waals surface area contributed by atoms with E-state index >= 15 is 0 Å². The zero-order valence-electron chi connectivity index (χ0n) is 19.1. The molecular formula is C26H28N4O2S. The summed E-state index contributed by atoms with van der Waals surface area (Å²) in [5.74, 6) is 0.0986. The predicted octanol–water partition coefficient (Wildman–Crippen LogP) is 5.07. The molecule has 2 amide bonds. The van der Waals surface area contributed by atoms with Crippen molar-refractivity contribution in [2.45, 2.75) is 57.9 Å². The lowest BCUT2D eigenvalue weighted by atomic mass is 9.75. The topological polar surface area (TPSA) is 57.0 Å². The van der Waals surface area contributed by atoms with E-state index in [2.05, 4.69) is 22.3 Å². The maximum absolute atomic E-state index is 13.6. The number of hydrogen-bond donors (Lipinski definition) is 1. The van der Waals surface area contributed by atoms with Gasteiger partial charge in [-0.2, -0.15) is 0 Å².